The van der Waals surface area contributed by atoms with Crippen LogP contribution in [0.3, 0.4) is 0 Å². The lowest BCUT2D eigenvalue weighted by Gasteiger charge is -2.28. The van der Waals surface area contributed by atoms with Crippen molar-refractivity contribution in [3.8, 4) is 0 Å². The molecule has 0 aromatic rings. The quantitative estimate of drug-likeness (QED) is 0.713. The lowest BCUT2D eigenvalue weighted by atomic mass is 9.85. The van der Waals surface area contributed by atoms with Gasteiger partial charge >= 0.3 is 0 Å². The summed E-state index contributed by atoms with van der Waals surface area (Å²) in [7, 11) is 0. The van der Waals surface area contributed by atoms with Crippen molar-refractivity contribution in [3.63, 3.8) is 0 Å². The molecule has 0 saturated heterocycles. The van der Waals surface area contributed by atoms with E-state index in [4.69, 9.17) is 11.5 Å². The predicted molar refractivity (Wildman–Crippen MR) is 75.6 cm³/mol. The van der Waals surface area contributed by atoms with E-state index < -0.39 is 0 Å². The van der Waals surface area contributed by atoms with Crippen LogP contribution in [-0.2, 0) is 9.59 Å². The molecule has 0 heterocycles. The van der Waals surface area contributed by atoms with Crippen LogP contribution >= 0.6 is 12.4 Å². The van der Waals surface area contributed by atoms with E-state index in [2.05, 4.69) is 5.32 Å². The molecule has 2 amide bonds. The fraction of sp³-hybridized carbons (Fsp3) is 0.846. The molecule has 0 spiro atoms. The minimum absolute atomic E-state index is 0. The maximum absolute atomic E-state index is 12.1. The first-order chi connectivity index (χ1) is 8.56. The minimum Gasteiger partial charge on any atom is -0.369 e. The van der Waals surface area contributed by atoms with Gasteiger partial charge in [-0.25, -0.2) is 0 Å². The number of hydrogen-bond donors (Lipinski definition) is 3. The second-order valence-electron chi connectivity index (χ2n) is 5.74. The Balaban J connectivity index is 0.00000180. The summed E-state index contributed by atoms with van der Waals surface area (Å²) < 4.78 is 0. The summed E-state index contributed by atoms with van der Waals surface area (Å²) in [5.74, 6) is -0.140. The van der Waals surface area contributed by atoms with Gasteiger partial charge in [0.15, 0.2) is 0 Å². The van der Waals surface area contributed by atoms with Gasteiger partial charge in [0.05, 0.1) is 0 Å². The highest BCUT2D eigenvalue weighted by molar-refractivity contribution is 5.85. The lowest BCUT2D eigenvalue weighted by Crippen LogP contribution is -2.43. The molecule has 0 bridgehead atoms. The predicted octanol–water partition coefficient (Wildman–Crippen LogP) is 0.696. The molecule has 2 saturated carbocycles. The Hall–Kier alpha value is -0.810. The zero-order valence-corrected chi connectivity index (χ0v) is 12.0. The van der Waals surface area contributed by atoms with Crippen LogP contribution in [0.15, 0.2) is 0 Å². The maximum Gasteiger partial charge on any atom is 0.223 e. The second-order valence-corrected chi connectivity index (χ2v) is 5.74. The van der Waals surface area contributed by atoms with E-state index in [0.29, 0.717) is 6.42 Å². The molecule has 5 N–H and O–H groups in total. The van der Waals surface area contributed by atoms with E-state index in [1.54, 1.807) is 0 Å². The zero-order chi connectivity index (χ0) is 13.1. The van der Waals surface area contributed by atoms with Gasteiger partial charge in [-0.3, -0.25) is 9.59 Å². The van der Waals surface area contributed by atoms with Crippen LogP contribution in [0.4, 0.5) is 0 Å². The van der Waals surface area contributed by atoms with Crippen molar-refractivity contribution in [1.29, 1.82) is 0 Å². The number of primary amides is 1. The summed E-state index contributed by atoms with van der Waals surface area (Å²) in [4.78, 5) is 23.2. The fourth-order valence-corrected chi connectivity index (χ4v) is 3.15. The summed E-state index contributed by atoms with van der Waals surface area (Å²) in [6.45, 7) is 0. The average molecular weight is 290 g/mol. The van der Waals surface area contributed by atoms with Gasteiger partial charge in [0.1, 0.15) is 0 Å². The van der Waals surface area contributed by atoms with Crippen LogP contribution in [0.25, 0.3) is 0 Å². The molecular weight excluding hydrogens is 266 g/mol. The van der Waals surface area contributed by atoms with E-state index >= 15 is 0 Å². The third-order valence-corrected chi connectivity index (χ3v) is 4.27. The van der Waals surface area contributed by atoms with Gasteiger partial charge < -0.3 is 16.8 Å². The smallest absolute Gasteiger partial charge is 0.223 e. The summed E-state index contributed by atoms with van der Waals surface area (Å²) in [5.41, 5.74) is 11.1. The largest absolute Gasteiger partial charge is 0.369 e. The van der Waals surface area contributed by atoms with E-state index in [0.717, 1.165) is 38.5 Å². The van der Waals surface area contributed by atoms with Crippen molar-refractivity contribution in [1.82, 2.24) is 5.32 Å². The van der Waals surface area contributed by atoms with Crippen LogP contribution < -0.4 is 16.8 Å². The third-order valence-electron chi connectivity index (χ3n) is 4.27. The molecule has 6 heteroatoms. The summed E-state index contributed by atoms with van der Waals surface area (Å²) >= 11 is 0. The first-order valence-electron chi connectivity index (χ1n) is 6.91. The molecule has 0 aromatic carbocycles. The SMILES string of the molecule is Cl.NC(=O)C1CCCC(NC(=O)C2CCC(N)C2)C1. The van der Waals surface area contributed by atoms with Gasteiger partial charge in [-0.2, -0.15) is 0 Å². The number of carbonyl (C=O) groups is 2. The summed E-state index contributed by atoms with van der Waals surface area (Å²) in [6.07, 6.45) is 6.08. The molecule has 4 unspecified atom stereocenters. The van der Waals surface area contributed by atoms with Crippen LogP contribution in [-0.4, -0.2) is 23.9 Å². The van der Waals surface area contributed by atoms with Gasteiger partial charge in [-0.05, 0) is 38.5 Å². The van der Waals surface area contributed by atoms with Crippen LogP contribution in [0, 0.1) is 11.8 Å². The average Bonchev–Trinajstić information content (AvgIpc) is 2.76. The Kier molecular flexibility index (Phi) is 6.07. The Bertz CT molecular complexity index is 338. The summed E-state index contributed by atoms with van der Waals surface area (Å²) in [6, 6.07) is 0.283. The number of nitrogens with two attached hydrogens (primary N) is 2. The number of rotatable bonds is 3. The molecule has 2 fully saturated rings. The standard InChI is InChI=1S/C13H23N3O2.ClH/c14-10-5-4-9(6-10)13(18)16-11-3-1-2-8(7-11)12(15)17;/h8-11H,1-7,14H2,(H2,15,17)(H,16,18);1H. The minimum atomic E-state index is -0.239. The molecule has 2 aliphatic carbocycles. The fourth-order valence-electron chi connectivity index (χ4n) is 3.15. The monoisotopic (exact) mass is 289 g/mol. The Morgan fingerprint density at radius 1 is 1.00 bits per heavy atom. The van der Waals surface area contributed by atoms with Gasteiger partial charge in [0.2, 0.25) is 11.8 Å². The highest BCUT2D eigenvalue weighted by Gasteiger charge is 2.31. The molecule has 4 atom stereocenters. The van der Waals surface area contributed by atoms with Crippen molar-refractivity contribution in [2.45, 2.75) is 57.0 Å². The number of hydrogen-bond acceptors (Lipinski definition) is 3. The van der Waals surface area contributed by atoms with Gasteiger partial charge in [0.25, 0.3) is 0 Å². The van der Waals surface area contributed by atoms with Gasteiger partial charge in [-0.1, -0.05) is 6.42 Å². The highest BCUT2D eigenvalue weighted by atomic mass is 35.5. The first kappa shape index (κ1) is 16.2. The first-order valence-corrected chi connectivity index (χ1v) is 6.91. The van der Waals surface area contributed by atoms with E-state index in [9.17, 15) is 9.59 Å². The number of nitrogens with one attached hydrogen (secondary N) is 1. The van der Waals surface area contributed by atoms with Crippen LogP contribution in [0.1, 0.15) is 44.9 Å². The van der Waals surface area contributed by atoms with E-state index in [1.807, 2.05) is 0 Å². The van der Waals surface area contributed by atoms with Gasteiger partial charge in [-0.15, -0.1) is 12.4 Å². The molecule has 5 nitrogen and oxygen atoms in total. The zero-order valence-electron chi connectivity index (χ0n) is 11.1. The number of amides is 2. The normalized spacial score (nSPS) is 34.4. The van der Waals surface area contributed by atoms with Crippen LogP contribution in [0.2, 0.25) is 0 Å². The molecule has 19 heavy (non-hydrogen) atoms. The molecule has 0 radical (unpaired) electrons. The van der Waals surface area contributed by atoms with E-state index in [1.165, 1.54) is 0 Å². The van der Waals surface area contributed by atoms with Crippen molar-refractivity contribution >= 4 is 24.2 Å². The van der Waals surface area contributed by atoms with E-state index in [-0.39, 0.29) is 48.1 Å². The molecule has 0 aromatic heterocycles. The molecule has 110 valence electrons. The lowest BCUT2D eigenvalue weighted by molar-refractivity contribution is -0.127. The molecule has 0 aliphatic heterocycles. The van der Waals surface area contributed by atoms with Crippen molar-refractivity contribution in [3.05, 3.63) is 0 Å². The molecule has 2 rings (SSSR count). The Morgan fingerprint density at radius 3 is 2.32 bits per heavy atom. The Labute approximate surface area is 120 Å². The van der Waals surface area contributed by atoms with Crippen molar-refractivity contribution in [2.24, 2.45) is 23.3 Å². The maximum atomic E-state index is 12.1. The van der Waals surface area contributed by atoms with Crippen molar-refractivity contribution in [2.75, 3.05) is 0 Å². The number of carbonyl (C=O) groups excluding carboxylic acids is 2. The topological polar surface area (TPSA) is 98.2 Å². The third kappa shape index (κ3) is 4.35. The second kappa shape index (κ2) is 7.10. The summed E-state index contributed by atoms with van der Waals surface area (Å²) in [5, 5.41) is 3.06. The van der Waals surface area contributed by atoms with Crippen LogP contribution in [0.5, 0.6) is 0 Å². The molecular formula is C13H24ClN3O2. The van der Waals surface area contributed by atoms with Gasteiger partial charge in [0, 0.05) is 23.9 Å². The van der Waals surface area contributed by atoms with Crippen molar-refractivity contribution < 1.29 is 9.59 Å². The molecule has 2 aliphatic rings. The number of halogens is 1. The highest BCUT2D eigenvalue weighted by Crippen LogP contribution is 2.27. The Morgan fingerprint density at radius 2 is 1.74 bits per heavy atom.